The lowest BCUT2D eigenvalue weighted by Crippen LogP contribution is -2.42. The van der Waals surface area contributed by atoms with E-state index in [4.69, 9.17) is 16.3 Å². The average molecular weight is 324 g/mol. The van der Waals surface area contributed by atoms with Gasteiger partial charge in [-0.1, -0.05) is 11.6 Å². The summed E-state index contributed by atoms with van der Waals surface area (Å²) in [7, 11) is 0. The van der Waals surface area contributed by atoms with Crippen molar-refractivity contribution in [1.82, 2.24) is 5.32 Å². The molecule has 0 aromatic heterocycles. The smallest absolute Gasteiger partial charge is 0.416 e. The maximum absolute atomic E-state index is 13.9. The largest absolute Gasteiger partial charge is 0.487 e. The number of benzene rings is 1. The molecule has 2 unspecified atom stereocenters. The summed E-state index contributed by atoms with van der Waals surface area (Å²) >= 11 is 5.55. The molecule has 1 aromatic rings. The Bertz CT molecular complexity index is 537. The Morgan fingerprint density at radius 2 is 1.76 bits per heavy atom. The van der Waals surface area contributed by atoms with E-state index in [2.05, 4.69) is 5.32 Å². The monoisotopic (exact) mass is 323 g/mol. The van der Waals surface area contributed by atoms with Gasteiger partial charge in [-0.15, -0.1) is 0 Å². The molecular weight excluding hydrogens is 310 g/mol. The Hall–Kier alpha value is -1.01. The standard InChI is InChI=1S/C14H14ClF4NO/c15-11-3-7(14(17,18)19)4-12(13(11)16)21-10-5-8-1-2-9(6-10)20-8/h3-4,8-10,20H,1-2,5-6H2/t8-,9?,10?/m0/s1. The second-order valence-electron chi connectivity index (χ2n) is 5.62. The lowest BCUT2D eigenvalue weighted by Gasteiger charge is -2.29. The van der Waals surface area contributed by atoms with Crippen LogP contribution in [0.2, 0.25) is 5.02 Å². The van der Waals surface area contributed by atoms with Crippen molar-refractivity contribution < 1.29 is 22.3 Å². The van der Waals surface area contributed by atoms with Crippen molar-refractivity contribution in [2.75, 3.05) is 0 Å². The van der Waals surface area contributed by atoms with Crippen molar-refractivity contribution in [3.63, 3.8) is 0 Å². The number of hydrogen-bond acceptors (Lipinski definition) is 2. The molecule has 21 heavy (non-hydrogen) atoms. The van der Waals surface area contributed by atoms with E-state index < -0.39 is 28.3 Å². The first-order chi connectivity index (χ1) is 9.83. The van der Waals surface area contributed by atoms with Gasteiger partial charge in [0.25, 0.3) is 0 Å². The Morgan fingerprint density at radius 1 is 1.14 bits per heavy atom. The van der Waals surface area contributed by atoms with Crippen molar-refractivity contribution in [2.24, 2.45) is 0 Å². The third kappa shape index (κ3) is 3.11. The van der Waals surface area contributed by atoms with E-state index in [0.29, 0.717) is 37.1 Å². The lowest BCUT2D eigenvalue weighted by atomic mass is 10.0. The number of halogens is 5. The molecule has 2 fully saturated rings. The van der Waals surface area contributed by atoms with E-state index in [-0.39, 0.29) is 6.10 Å². The zero-order valence-electron chi connectivity index (χ0n) is 11.0. The molecule has 3 atom stereocenters. The first-order valence-corrected chi connectivity index (χ1v) is 7.19. The number of fused-ring (bicyclic) bond motifs is 2. The van der Waals surface area contributed by atoms with Crippen LogP contribution < -0.4 is 10.1 Å². The van der Waals surface area contributed by atoms with Crippen molar-refractivity contribution in [2.45, 2.75) is 50.0 Å². The third-order valence-corrected chi connectivity index (χ3v) is 4.32. The fourth-order valence-corrected chi connectivity index (χ4v) is 3.30. The summed E-state index contributed by atoms with van der Waals surface area (Å²) in [5, 5.41) is 2.82. The molecule has 116 valence electrons. The van der Waals surface area contributed by atoms with E-state index >= 15 is 0 Å². The maximum atomic E-state index is 13.9. The van der Waals surface area contributed by atoms with Crippen molar-refractivity contribution in [1.29, 1.82) is 0 Å². The predicted molar refractivity (Wildman–Crippen MR) is 70.0 cm³/mol. The number of hydrogen-bond donors (Lipinski definition) is 1. The van der Waals surface area contributed by atoms with Gasteiger partial charge in [0.2, 0.25) is 0 Å². The molecule has 0 amide bonds. The summed E-state index contributed by atoms with van der Waals surface area (Å²) in [6.45, 7) is 0. The summed E-state index contributed by atoms with van der Waals surface area (Å²) in [4.78, 5) is 0. The van der Waals surface area contributed by atoms with Crippen molar-refractivity contribution in [3.05, 3.63) is 28.5 Å². The fraction of sp³-hybridized carbons (Fsp3) is 0.571. The van der Waals surface area contributed by atoms with Gasteiger partial charge in [-0.25, -0.2) is 4.39 Å². The van der Waals surface area contributed by atoms with Gasteiger partial charge < -0.3 is 10.1 Å². The molecule has 2 saturated heterocycles. The van der Waals surface area contributed by atoms with Crippen LogP contribution in [0.25, 0.3) is 0 Å². The quantitative estimate of drug-likeness (QED) is 0.825. The van der Waals surface area contributed by atoms with Gasteiger partial charge in [0.1, 0.15) is 6.10 Å². The fourth-order valence-electron chi connectivity index (χ4n) is 3.09. The number of alkyl halides is 3. The minimum atomic E-state index is -4.58. The van der Waals surface area contributed by atoms with E-state index in [0.717, 1.165) is 12.8 Å². The summed E-state index contributed by atoms with van der Waals surface area (Å²) < 4.78 is 57.6. The predicted octanol–water partition coefficient (Wildman–Crippen LogP) is 4.16. The molecule has 2 nitrogen and oxygen atoms in total. The second-order valence-corrected chi connectivity index (χ2v) is 6.02. The van der Waals surface area contributed by atoms with Crippen LogP contribution in [0.4, 0.5) is 17.6 Å². The van der Waals surface area contributed by atoms with Crippen LogP contribution in [-0.2, 0) is 6.18 Å². The van der Waals surface area contributed by atoms with Gasteiger partial charge >= 0.3 is 6.18 Å². The number of ether oxygens (including phenoxy) is 1. The van der Waals surface area contributed by atoms with E-state index in [9.17, 15) is 17.6 Å². The van der Waals surface area contributed by atoms with Crippen LogP contribution in [0.1, 0.15) is 31.2 Å². The van der Waals surface area contributed by atoms with Crippen LogP contribution in [-0.4, -0.2) is 18.2 Å². The van der Waals surface area contributed by atoms with E-state index in [1.54, 1.807) is 0 Å². The molecule has 0 aliphatic carbocycles. The van der Waals surface area contributed by atoms with Gasteiger partial charge in [-0.2, -0.15) is 13.2 Å². The van der Waals surface area contributed by atoms with Crippen LogP contribution in [0.3, 0.4) is 0 Å². The minimum absolute atomic E-state index is 0.280. The Labute approximate surface area is 124 Å². The van der Waals surface area contributed by atoms with Gasteiger partial charge in [-0.05, 0) is 37.8 Å². The number of piperidine rings is 1. The summed E-state index contributed by atoms with van der Waals surface area (Å²) in [5.41, 5.74) is -0.999. The molecular formula is C14H14ClF4NO. The normalized spacial score (nSPS) is 28.7. The van der Waals surface area contributed by atoms with Crippen LogP contribution in [0.15, 0.2) is 12.1 Å². The first kappa shape index (κ1) is 14.9. The number of nitrogens with one attached hydrogen (secondary N) is 1. The highest BCUT2D eigenvalue weighted by atomic mass is 35.5. The molecule has 2 bridgehead atoms. The highest BCUT2D eigenvalue weighted by Gasteiger charge is 2.36. The van der Waals surface area contributed by atoms with E-state index in [1.165, 1.54) is 0 Å². The Morgan fingerprint density at radius 3 is 2.33 bits per heavy atom. The Balaban J connectivity index is 1.83. The van der Waals surface area contributed by atoms with Gasteiger partial charge in [0.05, 0.1) is 10.6 Å². The first-order valence-electron chi connectivity index (χ1n) is 6.82. The van der Waals surface area contributed by atoms with Gasteiger partial charge in [-0.3, -0.25) is 0 Å². The molecule has 0 spiro atoms. The van der Waals surface area contributed by atoms with Crippen molar-refractivity contribution in [3.8, 4) is 5.75 Å². The molecule has 2 aliphatic rings. The molecule has 7 heteroatoms. The van der Waals surface area contributed by atoms with Gasteiger partial charge in [0.15, 0.2) is 11.6 Å². The highest BCUT2D eigenvalue weighted by molar-refractivity contribution is 6.31. The SMILES string of the molecule is Fc1c(Cl)cc(C(F)(F)F)cc1OC1CC2CC[C@@H](C1)N2. The lowest BCUT2D eigenvalue weighted by molar-refractivity contribution is -0.137. The zero-order valence-corrected chi connectivity index (χ0v) is 11.8. The van der Waals surface area contributed by atoms with Gasteiger partial charge in [0, 0.05) is 12.1 Å². The molecule has 2 aliphatic heterocycles. The highest BCUT2D eigenvalue weighted by Crippen LogP contribution is 2.38. The topological polar surface area (TPSA) is 21.3 Å². The molecule has 2 heterocycles. The van der Waals surface area contributed by atoms with E-state index in [1.807, 2.05) is 0 Å². The molecule has 1 N–H and O–H groups in total. The summed E-state index contributed by atoms with van der Waals surface area (Å²) in [6, 6.07) is 1.87. The summed E-state index contributed by atoms with van der Waals surface area (Å²) in [6.07, 6.45) is -1.47. The molecule has 1 aromatic carbocycles. The molecule has 0 saturated carbocycles. The zero-order chi connectivity index (χ0) is 15.2. The van der Waals surface area contributed by atoms with Crippen molar-refractivity contribution >= 4 is 11.6 Å². The second kappa shape index (κ2) is 5.32. The van der Waals surface area contributed by atoms with Crippen LogP contribution >= 0.6 is 11.6 Å². The maximum Gasteiger partial charge on any atom is 0.416 e. The summed E-state index contributed by atoms with van der Waals surface area (Å²) in [5.74, 6) is -1.35. The van der Waals surface area contributed by atoms with Crippen LogP contribution in [0.5, 0.6) is 5.75 Å². The van der Waals surface area contributed by atoms with Crippen LogP contribution in [0, 0.1) is 5.82 Å². The third-order valence-electron chi connectivity index (χ3n) is 4.05. The molecule has 3 rings (SSSR count). The Kier molecular flexibility index (Phi) is 3.78. The molecule has 0 radical (unpaired) electrons. The average Bonchev–Trinajstić information content (AvgIpc) is 2.73. The minimum Gasteiger partial charge on any atom is -0.487 e. The number of rotatable bonds is 2.